The summed E-state index contributed by atoms with van der Waals surface area (Å²) in [5.41, 5.74) is 1.01. The summed E-state index contributed by atoms with van der Waals surface area (Å²) in [6.45, 7) is 1.37. The van der Waals surface area contributed by atoms with Crippen molar-refractivity contribution in [3.8, 4) is 0 Å². The Hall–Kier alpha value is -1.92. The molecule has 0 bridgehead atoms. The maximum absolute atomic E-state index is 11.9. The highest BCUT2D eigenvalue weighted by Gasteiger charge is 2.12. The molecule has 104 valence electrons. The second-order valence-corrected chi connectivity index (χ2v) is 4.00. The van der Waals surface area contributed by atoms with Gasteiger partial charge in [0.15, 0.2) is 5.78 Å². The normalized spacial score (nSPS) is 10.1. The van der Waals surface area contributed by atoms with E-state index in [2.05, 4.69) is 5.32 Å². The lowest BCUT2D eigenvalue weighted by Gasteiger charge is -2.21. The number of aliphatic hydroxyl groups excluding tert-OH is 2. The van der Waals surface area contributed by atoms with Crippen LogP contribution in [0.2, 0.25) is 0 Å². The zero-order chi connectivity index (χ0) is 14.3. The van der Waals surface area contributed by atoms with Crippen LogP contribution >= 0.6 is 0 Å². The molecule has 6 heteroatoms. The van der Waals surface area contributed by atoms with Gasteiger partial charge < -0.3 is 20.4 Å². The van der Waals surface area contributed by atoms with Crippen LogP contribution in [-0.4, -0.2) is 53.2 Å². The first-order valence-electron chi connectivity index (χ1n) is 5.97. The van der Waals surface area contributed by atoms with Gasteiger partial charge in [-0.3, -0.25) is 4.79 Å². The molecule has 0 saturated carbocycles. The first kappa shape index (κ1) is 15.1. The molecule has 0 fully saturated rings. The molecule has 1 aromatic rings. The number of benzene rings is 1. The van der Waals surface area contributed by atoms with Gasteiger partial charge in [-0.1, -0.05) is 12.1 Å². The molecule has 0 saturated heterocycles. The van der Waals surface area contributed by atoms with Gasteiger partial charge in [0, 0.05) is 24.3 Å². The van der Waals surface area contributed by atoms with E-state index in [0.29, 0.717) is 11.3 Å². The zero-order valence-electron chi connectivity index (χ0n) is 10.8. The van der Waals surface area contributed by atoms with Gasteiger partial charge >= 0.3 is 6.03 Å². The van der Waals surface area contributed by atoms with E-state index in [1.165, 1.54) is 11.8 Å². The van der Waals surface area contributed by atoms with Crippen molar-refractivity contribution in [3.05, 3.63) is 29.8 Å². The van der Waals surface area contributed by atoms with Crippen LogP contribution in [0.4, 0.5) is 10.5 Å². The number of Topliss-reactive ketones (excluding diaryl/α,β-unsaturated/α-hetero) is 1. The monoisotopic (exact) mass is 266 g/mol. The van der Waals surface area contributed by atoms with Gasteiger partial charge in [0.25, 0.3) is 0 Å². The van der Waals surface area contributed by atoms with Crippen molar-refractivity contribution >= 4 is 17.5 Å². The molecular formula is C13H18N2O4. The van der Waals surface area contributed by atoms with Gasteiger partial charge in [0.1, 0.15) is 0 Å². The minimum atomic E-state index is -0.427. The first-order chi connectivity index (χ1) is 9.08. The predicted octanol–water partition coefficient (Wildman–Crippen LogP) is 0.708. The number of anilines is 1. The van der Waals surface area contributed by atoms with Crippen LogP contribution in [0.5, 0.6) is 0 Å². The molecular weight excluding hydrogens is 248 g/mol. The Morgan fingerprint density at radius 1 is 1.21 bits per heavy atom. The first-order valence-corrected chi connectivity index (χ1v) is 5.97. The Kier molecular flexibility index (Phi) is 5.98. The van der Waals surface area contributed by atoms with E-state index in [1.54, 1.807) is 24.3 Å². The summed E-state index contributed by atoms with van der Waals surface area (Å²) < 4.78 is 0. The fourth-order valence-corrected chi connectivity index (χ4v) is 1.57. The lowest BCUT2D eigenvalue weighted by atomic mass is 10.1. The number of hydrogen-bond acceptors (Lipinski definition) is 4. The molecule has 0 aliphatic carbocycles. The highest BCUT2D eigenvalue weighted by molar-refractivity contribution is 5.96. The number of nitrogens with one attached hydrogen (secondary N) is 1. The number of nitrogens with zero attached hydrogens (tertiary/aromatic N) is 1. The number of amides is 2. The largest absolute Gasteiger partial charge is 0.395 e. The summed E-state index contributed by atoms with van der Waals surface area (Å²) in [4.78, 5) is 24.4. The maximum atomic E-state index is 11.9. The lowest BCUT2D eigenvalue weighted by molar-refractivity contribution is 0.101. The molecule has 6 nitrogen and oxygen atoms in total. The fourth-order valence-electron chi connectivity index (χ4n) is 1.57. The summed E-state index contributed by atoms with van der Waals surface area (Å²) in [5, 5.41) is 20.3. The second-order valence-electron chi connectivity index (χ2n) is 4.00. The van der Waals surface area contributed by atoms with Crippen LogP contribution in [0.1, 0.15) is 17.3 Å². The molecule has 0 spiro atoms. The summed E-state index contributed by atoms with van der Waals surface area (Å²) >= 11 is 0. The van der Waals surface area contributed by atoms with Crippen LogP contribution in [0, 0.1) is 0 Å². The lowest BCUT2D eigenvalue weighted by Crippen LogP contribution is -2.38. The molecule has 0 aromatic heterocycles. The number of carbonyl (C=O) groups is 2. The summed E-state index contributed by atoms with van der Waals surface area (Å²) in [6, 6.07) is 6.16. The van der Waals surface area contributed by atoms with Gasteiger partial charge in [0.05, 0.1) is 13.2 Å². The second kappa shape index (κ2) is 7.50. The van der Waals surface area contributed by atoms with Crippen molar-refractivity contribution in [2.24, 2.45) is 0 Å². The number of hydrogen-bond donors (Lipinski definition) is 3. The molecule has 0 heterocycles. The standard InChI is InChI=1S/C13H18N2O4/c1-10(18)11-3-2-4-12(9-11)14-13(19)15(5-7-16)6-8-17/h2-4,9,16-17H,5-8H2,1H3,(H,14,19). The number of rotatable bonds is 6. The summed E-state index contributed by atoms with van der Waals surface area (Å²) in [6.07, 6.45) is 0. The molecule has 0 aliphatic heterocycles. The fraction of sp³-hybridized carbons (Fsp3) is 0.385. The number of carbonyl (C=O) groups excluding carboxylic acids is 2. The zero-order valence-corrected chi connectivity index (χ0v) is 10.8. The number of aliphatic hydroxyl groups is 2. The SMILES string of the molecule is CC(=O)c1cccc(NC(=O)N(CCO)CCO)c1. The van der Waals surface area contributed by atoms with Crippen LogP contribution in [0.25, 0.3) is 0 Å². The van der Waals surface area contributed by atoms with Crippen molar-refractivity contribution in [2.75, 3.05) is 31.6 Å². The van der Waals surface area contributed by atoms with E-state index in [-0.39, 0.29) is 32.1 Å². The minimum Gasteiger partial charge on any atom is -0.395 e. The van der Waals surface area contributed by atoms with Gasteiger partial charge in [-0.25, -0.2) is 4.79 Å². The summed E-state index contributed by atoms with van der Waals surface area (Å²) in [7, 11) is 0. The van der Waals surface area contributed by atoms with Crippen molar-refractivity contribution in [1.82, 2.24) is 4.90 Å². The van der Waals surface area contributed by atoms with E-state index < -0.39 is 6.03 Å². The highest BCUT2D eigenvalue weighted by Crippen LogP contribution is 2.12. The quantitative estimate of drug-likeness (QED) is 0.661. The third kappa shape index (κ3) is 4.69. The van der Waals surface area contributed by atoms with Gasteiger partial charge in [-0.2, -0.15) is 0 Å². The minimum absolute atomic E-state index is 0.0846. The predicted molar refractivity (Wildman–Crippen MR) is 71.2 cm³/mol. The molecule has 0 radical (unpaired) electrons. The molecule has 0 atom stereocenters. The van der Waals surface area contributed by atoms with E-state index >= 15 is 0 Å². The van der Waals surface area contributed by atoms with E-state index in [0.717, 1.165) is 0 Å². The molecule has 2 amide bonds. The Labute approximate surface area is 111 Å². The van der Waals surface area contributed by atoms with Crippen LogP contribution in [-0.2, 0) is 0 Å². The maximum Gasteiger partial charge on any atom is 0.321 e. The molecule has 1 aromatic carbocycles. The van der Waals surface area contributed by atoms with Crippen LogP contribution in [0.15, 0.2) is 24.3 Å². The average molecular weight is 266 g/mol. The van der Waals surface area contributed by atoms with Crippen molar-refractivity contribution in [2.45, 2.75) is 6.92 Å². The topological polar surface area (TPSA) is 89.9 Å². The smallest absolute Gasteiger partial charge is 0.321 e. The van der Waals surface area contributed by atoms with Gasteiger partial charge in [-0.05, 0) is 19.1 Å². The third-order valence-corrected chi connectivity index (χ3v) is 2.55. The Morgan fingerprint density at radius 3 is 2.37 bits per heavy atom. The van der Waals surface area contributed by atoms with Gasteiger partial charge in [0.2, 0.25) is 0 Å². The van der Waals surface area contributed by atoms with Crippen LogP contribution in [0.3, 0.4) is 0 Å². The Bertz CT molecular complexity index is 442. The molecule has 3 N–H and O–H groups in total. The van der Waals surface area contributed by atoms with Crippen molar-refractivity contribution in [1.29, 1.82) is 0 Å². The van der Waals surface area contributed by atoms with E-state index in [1.807, 2.05) is 0 Å². The Morgan fingerprint density at radius 2 is 1.84 bits per heavy atom. The van der Waals surface area contributed by atoms with Crippen LogP contribution < -0.4 is 5.32 Å². The van der Waals surface area contributed by atoms with Crippen molar-refractivity contribution < 1.29 is 19.8 Å². The van der Waals surface area contributed by atoms with E-state index in [9.17, 15) is 9.59 Å². The number of ketones is 1. The number of urea groups is 1. The average Bonchev–Trinajstić information content (AvgIpc) is 2.38. The summed E-state index contributed by atoms with van der Waals surface area (Å²) in [5.74, 6) is -0.0846. The Balaban J connectivity index is 2.74. The van der Waals surface area contributed by atoms with E-state index in [4.69, 9.17) is 10.2 Å². The third-order valence-electron chi connectivity index (χ3n) is 2.55. The highest BCUT2D eigenvalue weighted by atomic mass is 16.3. The van der Waals surface area contributed by atoms with Crippen molar-refractivity contribution in [3.63, 3.8) is 0 Å². The molecule has 0 aliphatic rings. The van der Waals surface area contributed by atoms with Gasteiger partial charge in [-0.15, -0.1) is 0 Å². The molecule has 19 heavy (non-hydrogen) atoms. The molecule has 1 rings (SSSR count). The molecule has 0 unspecified atom stereocenters.